The number of benzene rings is 1. The number of rotatable bonds is 20. The van der Waals surface area contributed by atoms with Crippen LogP contribution in [-0.4, -0.2) is 93.4 Å². The van der Waals surface area contributed by atoms with Crippen molar-refractivity contribution < 1.29 is 44.6 Å². The lowest BCUT2D eigenvalue weighted by atomic mass is 10.0. The molecule has 1 fully saturated rings. The molecule has 1 aromatic carbocycles. The molecule has 1 aromatic rings. The lowest BCUT2D eigenvalue weighted by Crippen LogP contribution is -2.49. The Morgan fingerprint density at radius 3 is 2.42 bits per heavy atom. The third-order valence-electron chi connectivity index (χ3n) is 6.74. The largest absolute Gasteiger partial charge is 0.480 e. The highest BCUT2D eigenvalue weighted by atomic mass is 17.1. The number of ether oxygens (including phenoxy) is 1. The van der Waals surface area contributed by atoms with Crippen molar-refractivity contribution >= 4 is 18.0 Å². The van der Waals surface area contributed by atoms with E-state index < -0.39 is 36.2 Å². The fraction of sp³-hybridized carbons (Fsp3) is 0.593. The number of likely N-dealkylation sites (tertiary alicyclic amines) is 1. The van der Waals surface area contributed by atoms with E-state index >= 15 is 0 Å². The predicted molar refractivity (Wildman–Crippen MR) is 143 cm³/mol. The number of aliphatic carboxylic acids is 2. The van der Waals surface area contributed by atoms with Gasteiger partial charge in [-0.05, 0) is 63.4 Å². The number of hydrogen-bond donors (Lipinski definition) is 6. The molecule has 0 saturated carbocycles. The van der Waals surface area contributed by atoms with Crippen LogP contribution in [-0.2, 0) is 25.6 Å². The molecule has 6 N–H and O–H groups in total. The average molecular weight is 567 g/mol. The fourth-order valence-corrected chi connectivity index (χ4v) is 4.62. The minimum absolute atomic E-state index is 0.0676. The van der Waals surface area contributed by atoms with Crippen molar-refractivity contribution in [3.63, 3.8) is 0 Å². The quantitative estimate of drug-likeness (QED) is 0.100. The number of alkyl carbamates (subject to hydrolysis) is 1. The second-order valence-electron chi connectivity index (χ2n) is 9.67. The van der Waals surface area contributed by atoms with E-state index in [-0.39, 0.29) is 18.6 Å². The summed E-state index contributed by atoms with van der Waals surface area (Å²) in [5, 5.41) is 41.9. The van der Waals surface area contributed by atoms with Crippen molar-refractivity contribution in [3.8, 4) is 0 Å². The molecule has 224 valence electrons. The first-order chi connectivity index (χ1) is 19.2. The Kier molecular flexibility index (Phi) is 15.0. The van der Waals surface area contributed by atoms with Crippen molar-refractivity contribution in [2.75, 3.05) is 26.3 Å². The summed E-state index contributed by atoms with van der Waals surface area (Å²) in [5.74, 6) is -1.90. The van der Waals surface area contributed by atoms with Gasteiger partial charge in [-0.2, -0.15) is 0 Å². The zero-order chi connectivity index (χ0) is 29.3. The number of carbonyl (C=O) groups is 3. The van der Waals surface area contributed by atoms with Crippen LogP contribution in [0.4, 0.5) is 4.79 Å². The number of carbonyl (C=O) groups excluding carboxylic acids is 1. The molecule has 0 aliphatic carbocycles. The summed E-state index contributed by atoms with van der Waals surface area (Å²) >= 11 is 0. The SMILES string of the molecule is C=C(C(CCCCNC(=O)OCCCCON(O)O)NC(CCc1ccccc1)C(=O)O)N1CCCC1C(=O)O. The second kappa shape index (κ2) is 18.2. The summed E-state index contributed by atoms with van der Waals surface area (Å²) in [5.41, 5.74) is 1.60. The predicted octanol–water partition coefficient (Wildman–Crippen LogP) is 2.78. The maximum atomic E-state index is 12.1. The summed E-state index contributed by atoms with van der Waals surface area (Å²) in [7, 11) is 0. The molecule has 13 heteroatoms. The van der Waals surface area contributed by atoms with E-state index in [9.17, 15) is 24.6 Å². The van der Waals surface area contributed by atoms with Gasteiger partial charge in [-0.15, -0.1) is 0 Å². The Hall–Kier alpha value is -3.23. The van der Waals surface area contributed by atoms with Crippen LogP contribution in [0.15, 0.2) is 42.6 Å². The number of hydrogen-bond acceptors (Lipinski definition) is 10. The molecular weight excluding hydrogens is 524 g/mol. The van der Waals surface area contributed by atoms with E-state index in [0.29, 0.717) is 70.2 Å². The van der Waals surface area contributed by atoms with E-state index in [1.807, 2.05) is 30.3 Å². The Bertz CT molecular complexity index is 932. The zero-order valence-electron chi connectivity index (χ0n) is 22.7. The second-order valence-corrected chi connectivity index (χ2v) is 9.67. The van der Waals surface area contributed by atoms with Crippen LogP contribution in [0.1, 0.15) is 56.9 Å². The van der Waals surface area contributed by atoms with Gasteiger partial charge in [-0.1, -0.05) is 36.9 Å². The van der Waals surface area contributed by atoms with Gasteiger partial charge in [0.15, 0.2) is 0 Å². The van der Waals surface area contributed by atoms with Crippen LogP contribution in [0.5, 0.6) is 0 Å². The minimum atomic E-state index is -0.981. The van der Waals surface area contributed by atoms with Gasteiger partial charge in [0.25, 0.3) is 0 Å². The van der Waals surface area contributed by atoms with Gasteiger partial charge in [0.05, 0.1) is 18.6 Å². The van der Waals surface area contributed by atoms with Crippen molar-refractivity contribution in [3.05, 3.63) is 48.2 Å². The number of aryl methyl sites for hydroxylation is 1. The molecule has 1 aliphatic heterocycles. The summed E-state index contributed by atoms with van der Waals surface area (Å²) < 4.78 is 5.06. The fourth-order valence-electron chi connectivity index (χ4n) is 4.62. The molecule has 1 saturated heterocycles. The molecule has 1 amide bonds. The first-order valence-corrected chi connectivity index (χ1v) is 13.6. The molecule has 0 radical (unpaired) electrons. The summed E-state index contributed by atoms with van der Waals surface area (Å²) in [6.07, 6.45) is 4.29. The van der Waals surface area contributed by atoms with Crippen LogP contribution in [0.25, 0.3) is 0 Å². The van der Waals surface area contributed by atoms with Crippen LogP contribution >= 0.6 is 0 Å². The summed E-state index contributed by atoms with van der Waals surface area (Å²) in [4.78, 5) is 41.9. The summed E-state index contributed by atoms with van der Waals surface area (Å²) in [6.45, 7) is 5.29. The number of amides is 1. The highest BCUT2D eigenvalue weighted by molar-refractivity contribution is 5.74. The van der Waals surface area contributed by atoms with E-state index in [1.165, 1.54) is 0 Å². The van der Waals surface area contributed by atoms with Gasteiger partial charge in [-0.3, -0.25) is 25.4 Å². The molecule has 0 aromatic heterocycles. The van der Waals surface area contributed by atoms with E-state index in [1.54, 1.807) is 4.90 Å². The Balaban J connectivity index is 1.86. The molecule has 13 nitrogen and oxygen atoms in total. The average Bonchev–Trinajstić information content (AvgIpc) is 3.42. The van der Waals surface area contributed by atoms with Crippen LogP contribution in [0.2, 0.25) is 0 Å². The molecule has 0 bridgehead atoms. The molecule has 0 spiro atoms. The summed E-state index contributed by atoms with van der Waals surface area (Å²) in [6, 6.07) is 7.65. The van der Waals surface area contributed by atoms with Gasteiger partial charge in [-0.25, -0.2) is 9.59 Å². The Morgan fingerprint density at radius 1 is 1.02 bits per heavy atom. The van der Waals surface area contributed by atoms with Crippen molar-refractivity contribution in [1.82, 2.24) is 20.9 Å². The van der Waals surface area contributed by atoms with Crippen molar-refractivity contribution in [1.29, 1.82) is 0 Å². The van der Waals surface area contributed by atoms with E-state index in [2.05, 4.69) is 22.1 Å². The topological polar surface area (TPSA) is 181 Å². The van der Waals surface area contributed by atoms with Gasteiger partial charge in [0.2, 0.25) is 0 Å². The van der Waals surface area contributed by atoms with Gasteiger partial charge in [0, 0.05) is 24.8 Å². The third kappa shape index (κ3) is 12.3. The molecule has 3 unspecified atom stereocenters. The van der Waals surface area contributed by atoms with Crippen molar-refractivity contribution in [2.45, 2.75) is 75.9 Å². The first-order valence-electron chi connectivity index (χ1n) is 13.6. The van der Waals surface area contributed by atoms with Gasteiger partial charge in [0.1, 0.15) is 12.1 Å². The van der Waals surface area contributed by atoms with Gasteiger partial charge >= 0.3 is 18.0 Å². The number of unbranched alkanes of at least 4 members (excludes halogenated alkanes) is 2. The number of nitrogens with zero attached hydrogens (tertiary/aromatic N) is 2. The lowest BCUT2D eigenvalue weighted by molar-refractivity contribution is -0.492. The Morgan fingerprint density at radius 2 is 1.75 bits per heavy atom. The highest BCUT2D eigenvalue weighted by Gasteiger charge is 2.34. The third-order valence-corrected chi connectivity index (χ3v) is 6.74. The zero-order valence-corrected chi connectivity index (χ0v) is 22.7. The monoisotopic (exact) mass is 566 g/mol. The minimum Gasteiger partial charge on any atom is -0.480 e. The smallest absolute Gasteiger partial charge is 0.407 e. The number of nitrogens with one attached hydrogen (secondary N) is 2. The molecular formula is C27H42N4O9. The standard InChI is InChI=1S/C27H42N4O9/c1-20(30-17-9-13-24(30)26(34)35)22(29-23(25(32)33)15-14-21-10-3-2-4-11-21)12-5-6-16-28-27(36)39-18-7-8-19-40-31(37)38/h2-4,10-11,22-24,29,37-38H,1,5-9,12-19H2,(H,28,36)(H,32,33)(H,34,35). The van der Waals surface area contributed by atoms with Crippen LogP contribution in [0.3, 0.4) is 0 Å². The van der Waals surface area contributed by atoms with Crippen molar-refractivity contribution in [2.24, 2.45) is 0 Å². The number of carboxylic acids is 2. The Labute approximate surface area is 234 Å². The van der Waals surface area contributed by atoms with Gasteiger partial charge < -0.3 is 25.2 Å². The van der Waals surface area contributed by atoms with Crippen LogP contribution < -0.4 is 10.6 Å². The molecule has 40 heavy (non-hydrogen) atoms. The van der Waals surface area contributed by atoms with Crippen LogP contribution in [0, 0.1) is 0 Å². The van der Waals surface area contributed by atoms with E-state index in [0.717, 1.165) is 12.0 Å². The lowest BCUT2D eigenvalue weighted by Gasteiger charge is -2.33. The highest BCUT2D eigenvalue weighted by Crippen LogP contribution is 2.25. The maximum absolute atomic E-state index is 12.1. The molecule has 3 atom stereocenters. The first kappa shape index (κ1) is 33.0. The maximum Gasteiger partial charge on any atom is 0.407 e. The van der Waals surface area contributed by atoms with E-state index in [4.69, 9.17) is 15.2 Å². The molecule has 1 aliphatic rings. The molecule has 1 heterocycles. The number of carboxylic acid groups (broad SMARTS) is 2. The molecule has 2 rings (SSSR count). The normalized spacial score (nSPS) is 16.5.